The van der Waals surface area contributed by atoms with Crippen LogP contribution in [0.2, 0.25) is 0 Å². The number of benzene rings is 1. The topological polar surface area (TPSA) is 78.0 Å². The van der Waals surface area contributed by atoms with Crippen LogP contribution in [0.1, 0.15) is 35.1 Å². The summed E-state index contributed by atoms with van der Waals surface area (Å²) >= 11 is 1.65. The predicted molar refractivity (Wildman–Crippen MR) is 98.5 cm³/mol. The molecule has 6 heteroatoms. The zero-order valence-corrected chi connectivity index (χ0v) is 14.8. The third kappa shape index (κ3) is 3.45. The zero-order valence-electron chi connectivity index (χ0n) is 14.0. The second kappa shape index (κ2) is 6.61. The highest BCUT2D eigenvalue weighted by Crippen LogP contribution is 2.39. The van der Waals surface area contributed by atoms with Gasteiger partial charge in [-0.05, 0) is 54.8 Å². The molecule has 1 saturated carbocycles. The standard InChI is InChI=1S/C19H21N3O2S/c1-11-20-15-5-4-12(7-16(15)21-11)8-18(24)22-19(13-9-14(23)10-13)17-3-2-6-25-17/h2-7,13-14,19,23H,8-10H2,1H3,(H,20,21)(H,22,24)/t13?,14?,19-/m1/s1. The molecule has 25 heavy (non-hydrogen) atoms. The first-order valence-electron chi connectivity index (χ1n) is 8.54. The molecule has 1 aliphatic rings. The number of carbonyl (C=O) groups is 1. The minimum Gasteiger partial charge on any atom is -0.393 e. The van der Waals surface area contributed by atoms with E-state index in [0.717, 1.165) is 40.1 Å². The molecule has 1 aromatic carbocycles. The van der Waals surface area contributed by atoms with Crippen LogP contribution in [0.5, 0.6) is 0 Å². The van der Waals surface area contributed by atoms with E-state index >= 15 is 0 Å². The van der Waals surface area contributed by atoms with Gasteiger partial charge >= 0.3 is 0 Å². The Bertz CT molecular complexity index is 881. The molecule has 1 aliphatic carbocycles. The van der Waals surface area contributed by atoms with Gasteiger partial charge < -0.3 is 15.4 Å². The van der Waals surface area contributed by atoms with Gasteiger partial charge in [0.1, 0.15) is 5.82 Å². The van der Waals surface area contributed by atoms with Gasteiger partial charge in [-0.2, -0.15) is 0 Å². The Morgan fingerprint density at radius 3 is 3.00 bits per heavy atom. The summed E-state index contributed by atoms with van der Waals surface area (Å²) in [7, 11) is 0. The molecule has 0 unspecified atom stereocenters. The van der Waals surface area contributed by atoms with E-state index < -0.39 is 0 Å². The van der Waals surface area contributed by atoms with Gasteiger partial charge in [0.05, 0.1) is 29.6 Å². The van der Waals surface area contributed by atoms with E-state index in [9.17, 15) is 9.90 Å². The molecule has 5 nitrogen and oxygen atoms in total. The van der Waals surface area contributed by atoms with E-state index in [2.05, 4.69) is 21.4 Å². The Morgan fingerprint density at radius 2 is 2.28 bits per heavy atom. The van der Waals surface area contributed by atoms with Crippen LogP contribution in [-0.2, 0) is 11.2 Å². The summed E-state index contributed by atoms with van der Waals surface area (Å²) in [6, 6.07) is 9.94. The maximum atomic E-state index is 12.6. The van der Waals surface area contributed by atoms with Gasteiger partial charge in [-0.25, -0.2) is 4.98 Å². The number of thiophene rings is 1. The number of rotatable bonds is 5. The number of amides is 1. The average Bonchev–Trinajstić information content (AvgIpc) is 3.18. The molecule has 1 amide bonds. The number of nitrogens with zero attached hydrogens (tertiary/aromatic N) is 1. The highest BCUT2D eigenvalue weighted by atomic mass is 32.1. The smallest absolute Gasteiger partial charge is 0.224 e. The van der Waals surface area contributed by atoms with E-state index in [0.29, 0.717) is 12.3 Å². The molecule has 0 spiro atoms. The van der Waals surface area contributed by atoms with Crippen LogP contribution in [0.4, 0.5) is 0 Å². The first-order chi connectivity index (χ1) is 12.1. The van der Waals surface area contributed by atoms with Gasteiger partial charge in [0.25, 0.3) is 0 Å². The largest absolute Gasteiger partial charge is 0.393 e. The lowest BCUT2D eigenvalue weighted by Gasteiger charge is -2.37. The Balaban J connectivity index is 1.47. The quantitative estimate of drug-likeness (QED) is 0.658. The molecule has 1 atom stereocenters. The van der Waals surface area contributed by atoms with Gasteiger partial charge in [0, 0.05) is 4.88 Å². The lowest BCUT2D eigenvalue weighted by molar-refractivity contribution is -0.122. The fraction of sp³-hybridized carbons (Fsp3) is 0.368. The van der Waals surface area contributed by atoms with Crippen molar-refractivity contribution >= 4 is 28.3 Å². The number of aliphatic hydroxyl groups excluding tert-OH is 1. The molecule has 3 aromatic rings. The van der Waals surface area contributed by atoms with Crippen LogP contribution in [0.15, 0.2) is 35.7 Å². The van der Waals surface area contributed by atoms with Crippen molar-refractivity contribution in [1.82, 2.24) is 15.3 Å². The lowest BCUT2D eigenvalue weighted by atomic mass is 9.76. The van der Waals surface area contributed by atoms with Crippen LogP contribution in [0.3, 0.4) is 0 Å². The minimum atomic E-state index is -0.226. The number of hydrogen-bond donors (Lipinski definition) is 3. The Kier molecular flexibility index (Phi) is 4.31. The lowest BCUT2D eigenvalue weighted by Crippen LogP contribution is -2.41. The Labute approximate surface area is 150 Å². The first-order valence-corrected chi connectivity index (χ1v) is 9.42. The summed E-state index contributed by atoms with van der Waals surface area (Å²) in [6.45, 7) is 1.92. The molecule has 0 saturated heterocycles. The van der Waals surface area contributed by atoms with Crippen LogP contribution in [-0.4, -0.2) is 27.1 Å². The first kappa shape index (κ1) is 16.3. The van der Waals surface area contributed by atoms with Gasteiger partial charge in [-0.3, -0.25) is 4.79 Å². The van der Waals surface area contributed by atoms with Crippen LogP contribution >= 0.6 is 11.3 Å². The molecular weight excluding hydrogens is 334 g/mol. The molecule has 2 heterocycles. The second-order valence-corrected chi connectivity index (χ2v) is 7.78. The Hall–Kier alpha value is -2.18. The summed E-state index contributed by atoms with van der Waals surface area (Å²) in [5, 5.41) is 14.8. The highest BCUT2D eigenvalue weighted by molar-refractivity contribution is 7.10. The van der Waals surface area contributed by atoms with E-state index in [1.165, 1.54) is 0 Å². The molecule has 3 N–H and O–H groups in total. The summed E-state index contributed by atoms with van der Waals surface area (Å²) in [4.78, 5) is 21.3. The maximum absolute atomic E-state index is 12.6. The second-order valence-electron chi connectivity index (χ2n) is 6.80. The van der Waals surface area contributed by atoms with Gasteiger partial charge in [0.2, 0.25) is 5.91 Å². The number of hydrogen-bond acceptors (Lipinski definition) is 4. The van der Waals surface area contributed by atoms with Crippen LogP contribution in [0, 0.1) is 12.8 Å². The third-order valence-corrected chi connectivity index (χ3v) is 5.77. The van der Waals surface area contributed by atoms with Crippen molar-refractivity contribution in [2.45, 2.75) is 38.3 Å². The number of aliphatic hydroxyl groups is 1. The van der Waals surface area contributed by atoms with E-state index in [1.54, 1.807) is 11.3 Å². The van der Waals surface area contributed by atoms with E-state index in [4.69, 9.17) is 0 Å². The van der Waals surface area contributed by atoms with Crippen molar-refractivity contribution in [3.63, 3.8) is 0 Å². The number of nitrogens with one attached hydrogen (secondary N) is 2. The molecule has 1 fully saturated rings. The van der Waals surface area contributed by atoms with E-state index in [-0.39, 0.29) is 18.1 Å². The van der Waals surface area contributed by atoms with E-state index in [1.807, 2.05) is 36.6 Å². The monoisotopic (exact) mass is 355 g/mol. The predicted octanol–water partition coefficient (Wildman–Crippen LogP) is 3.10. The van der Waals surface area contributed by atoms with Gasteiger partial charge in [0.15, 0.2) is 0 Å². The highest BCUT2D eigenvalue weighted by Gasteiger charge is 2.36. The fourth-order valence-corrected chi connectivity index (χ4v) is 4.37. The normalized spacial score (nSPS) is 21.0. The van der Waals surface area contributed by atoms with Crippen molar-refractivity contribution in [2.75, 3.05) is 0 Å². The number of aromatic nitrogens is 2. The minimum absolute atomic E-state index is 0.00553. The van der Waals surface area contributed by atoms with Crippen LogP contribution in [0.25, 0.3) is 11.0 Å². The molecular formula is C19H21N3O2S. The number of aryl methyl sites for hydroxylation is 1. The van der Waals surface area contributed by atoms with Crippen molar-refractivity contribution in [1.29, 1.82) is 0 Å². The number of imidazole rings is 1. The Morgan fingerprint density at radius 1 is 1.44 bits per heavy atom. The fourth-order valence-electron chi connectivity index (χ4n) is 3.50. The number of fused-ring (bicyclic) bond motifs is 1. The van der Waals surface area contributed by atoms with Crippen molar-refractivity contribution in [3.05, 3.63) is 52.0 Å². The molecule has 0 radical (unpaired) electrons. The molecule has 2 aromatic heterocycles. The SMILES string of the molecule is Cc1nc2ccc(CC(=O)N[C@@H](c3cccs3)C3CC(O)C3)cc2[nH]1. The number of carbonyl (C=O) groups excluding carboxylic acids is 1. The number of aromatic amines is 1. The van der Waals surface area contributed by atoms with Crippen molar-refractivity contribution < 1.29 is 9.90 Å². The average molecular weight is 355 g/mol. The van der Waals surface area contributed by atoms with Crippen molar-refractivity contribution in [3.8, 4) is 0 Å². The third-order valence-electron chi connectivity index (χ3n) is 4.82. The van der Waals surface area contributed by atoms with Crippen molar-refractivity contribution in [2.24, 2.45) is 5.92 Å². The summed E-state index contributed by atoms with van der Waals surface area (Å²) in [5.74, 6) is 1.20. The molecule has 0 bridgehead atoms. The molecule has 4 rings (SSSR count). The number of H-pyrrole nitrogens is 1. The molecule has 130 valence electrons. The summed E-state index contributed by atoms with van der Waals surface area (Å²) in [5.41, 5.74) is 2.84. The van der Waals surface area contributed by atoms with Gasteiger partial charge in [-0.1, -0.05) is 12.1 Å². The van der Waals surface area contributed by atoms with Crippen LogP contribution < -0.4 is 5.32 Å². The molecule has 0 aliphatic heterocycles. The maximum Gasteiger partial charge on any atom is 0.224 e. The van der Waals surface area contributed by atoms with Gasteiger partial charge in [-0.15, -0.1) is 11.3 Å². The summed E-state index contributed by atoms with van der Waals surface area (Å²) in [6.07, 6.45) is 1.62. The zero-order chi connectivity index (χ0) is 17.4. The summed E-state index contributed by atoms with van der Waals surface area (Å²) < 4.78 is 0.